The Kier molecular flexibility index (Phi) is 5.69. The van der Waals surface area contributed by atoms with E-state index < -0.39 is 0 Å². The average Bonchev–Trinajstić information content (AvgIpc) is 2.68. The van der Waals surface area contributed by atoms with E-state index in [1.165, 1.54) is 5.69 Å². The van der Waals surface area contributed by atoms with Crippen molar-refractivity contribution in [3.8, 4) is 5.75 Å². The Morgan fingerprint density at radius 2 is 1.88 bits per heavy atom. The summed E-state index contributed by atoms with van der Waals surface area (Å²) in [4.78, 5) is 18.6. The van der Waals surface area contributed by atoms with Gasteiger partial charge < -0.3 is 15.3 Å². The molecular weight excluding hydrogens is 326 g/mol. The second-order valence-corrected chi connectivity index (χ2v) is 6.29. The lowest BCUT2D eigenvalue weighted by molar-refractivity contribution is -0.116. The Bertz CT molecular complexity index is 881. The average molecular weight is 349 g/mol. The van der Waals surface area contributed by atoms with Gasteiger partial charge in [-0.25, -0.2) is 0 Å². The van der Waals surface area contributed by atoms with Crippen molar-refractivity contribution in [3.05, 3.63) is 60.8 Å². The number of rotatable bonds is 7. The van der Waals surface area contributed by atoms with Crippen LogP contribution in [0.1, 0.15) is 19.3 Å². The van der Waals surface area contributed by atoms with Crippen molar-refractivity contribution in [2.45, 2.75) is 19.3 Å². The van der Waals surface area contributed by atoms with E-state index in [1.54, 1.807) is 24.4 Å². The van der Waals surface area contributed by atoms with Gasteiger partial charge in [0, 0.05) is 37.3 Å². The highest BCUT2D eigenvalue weighted by Gasteiger charge is 2.09. The van der Waals surface area contributed by atoms with E-state index >= 15 is 0 Å². The number of para-hydroxylation sites is 1. The summed E-state index contributed by atoms with van der Waals surface area (Å²) in [6, 6.07) is 17.1. The summed E-state index contributed by atoms with van der Waals surface area (Å²) in [6.07, 6.45) is 3.84. The van der Waals surface area contributed by atoms with E-state index in [9.17, 15) is 9.90 Å². The zero-order chi connectivity index (χ0) is 18.4. The molecule has 1 aromatic heterocycles. The van der Waals surface area contributed by atoms with Gasteiger partial charge in [0.1, 0.15) is 11.3 Å². The number of nitrogens with one attached hydrogen (secondary N) is 1. The van der Waals surface area contributed by atoms with Gasteiger partial charge >= 0.3 is 0 Å². The Morgan fingerprint density at radius 3 is 2.69 bits per heavy atom. The number of fused-ring (bicyclic) bond motifs is 1. The Labute approximate surface area is 153 Å². The molecule has 2 aromatic carbocycles. The number of amides is 1. The smallest absolute Gasteiger partial charge is 0.224 e. The van der Waals surface area contributed by atoms with E-state index in [1.807, 2.05) is 24.3 Å². The third kappa shape index (κ3) is 4.30. The van der Waals surface area contributed by atoms with Crippen molar-refractivity contribution in [1.29, 1.82) is 0 Å². The van der Waals surface area contributed by atoms with Gasteiger partial charge in [-0.15, -0.1) is 0 Å². The van der Waals surface area contributed by atoms with Crippen LogP contribution in [0.25, 0.3) is 10.9 Å². The highest BCUT2D eigenvalue weighted by atomic mass is 16.3. The quantitative estimate of drug-likeness (QED) is 0.496. The first-order chi connectivity index (χ1) is 12.6. The first kappa shape index (κ1) is 17.7. The van der Waals surface area contributed by atoms with Crippen molar-refractivity contribution in [2.24, 2.45) is 0 Å². The van der Waals surface area contributed by atoms with Gasteiger partial charge in [0.15, 0.2) is 0 Å². The molecule has 0 aliphatic heterocycles. The SMILES string of the molecule is CN(CCCCC(=O)Nc1ccc(O)c2ncccc12)c1ccccc1. The molecule has 26 heavy (non-hydrogen) atoms. The van der Waals surface area contributed by atoms with Gasteiger partial charge in [0.2, 0.25) is 5.91 Å². The lowest BCUT2D eigenvalue weighted by Crippen LogP contribution is -2.19. The second-order valence-electron chi connectivity index (χ2n) is 6.29. The number of nitrogens with zero attached hydrogens (tertiary/aromatic N) is 2. The monoisotopic (exact) mass is 349 g/mol. The topological polar surface area (TPSA) is 65.5 Å². The van der Waals surface area contributed by atoms with Crippen molar-refractivity contribution in [3.63, 3.8) is 0 Å². The minimum atomic E-state index is -0.0248. The minimum absolute atomic E-state index is 0.0248. The molecule has 0 bridgehead atoms. The van der Waals surface area contributed by atoms with E-state index in [2.05, 4.69) is 34.4 Å². The second kappa shape index (κ2) is 8.34. The molecule has 0 saturated heterocycles. The molecule has 1 amide bonds. The zero-order valence-corrected chi connectivity index (χ0v) is 14.9. The molecule has 0 aliphatic rings. The first-order valence-corrected chi connectivity index (χ1v) is 8.78. The Balaban J connectivity index is 1.50. The fraction of sp³-hybridized carbons (Fsp3) is 0.238. The standard InChI is InChI=1S/C21H23N3O2/c1-24(16-8-3-2-4-9-16)15-6-5-11-20(26)23-18-12-13-19(25)21-17(18)10-7-14-22-21/h2-4,7-10,12-14,25H,5-6,11,15H2,1H3,(H,23,26). The molecule has 134 valence electrons. The first-order valence-electron chi connectivity index (χ1n) is 8.78. The summed E-state index contributed by atoms with van der Waals surface area (Å²) < 4.78 is 0. The van der Waals surface area contributed by atoms with Crippen LogP contribution < -0.4 is 10.2 Å². The molecule has 5 nitrogen and oxygen atoms in total. The number of phenolic OH excluding ortho intramolecular Hbond substituents is 1. The van der Waals surface area contributed by atoms with Gasteiger partial charge in [0.05, 0.1) is 5.69 Å². The van der Waals surface area contributed by atoms with Gasteiger partial charge in [-0.1, -0.05) is 18.2 Å². The highest BCUT2D eigenvalue weighted by molar-refractivity contribution is 6.02. The molecule has 3 aromatic rings. The van der Waals surface area contributed by atoms with Crippen LogP contribution in [0.3, 0.4) is 0 Å². The molecule has 1 heterocycles. The normalized spacial score (nSPS) is 10.7. The van der Waals surface area contributed by atoms with Gasteiger partial charge in [-0.3, -0.25) is 9.78 Å². The molecule has 0 unspecified atom stereocenters. The molecular formula is C21H23N3O2. The molecule has 0 spiro atoms. The third-order valence-corrected chi connectivity index (χ3v) is 4.37. The van der Waals surface area contributed by atoms with Crippen molar-refractivity contribution < 1.29 is 9.90 Å². The molecule has 0 radical (unpaired) electrons. The third-order valence-electron chi connectivity index (χ3n) is 4.37. The maximum absolute atomic E-state index is 12.2. The van der Waals surface area contributed by atoms with Crippen molar-refractivity contribution in [1.82, 2.24) is 4.98 Å². The molecule has 0 fully saturated rings. The number of aromatic nitrogens is 1. The largest absolute Gasteiger partial charge is 0.506 e. The predicted molar refractivity (Wildman–Crippen MR) is 106 cm³/mol. The molecule has 0 atom stereocenters. The maximum atomic E-state index is 12.2. The maximum Gasteiger partial charge on any atom is 0.224 e. The number of hydrogen-bond acceptors (Lipinski definition) is 4. The Morgan fingerprint density at radius 1 is 1.08 bits per heavy atom. The summed E-state index contributed by atoms with van der Waals surface area (Å²) in [6.45, 7) is 0.906. The number of carbonyl (C=O) groups is 1. The van der Waals surface area contributed by atoms with Crippen LogP contribution in [0.4, 0.5) is 11.4 Å². The molecule has 5 heteroatoms. The zero-order valence-electron chi connectivity index (χ0n) is 14.9. The Hall–Kier alpha value is -3.08. The van der Waals surface area contributed by atoms with Crippen LogP contribution in [0, 0.1) is 0 Å². The van der Waals surface area contributed by atoms with Gasteiger partial charge in [-0.05, 0) is 49.2 Å². The van der Waals surface area contributed by atoms with Crippen molar-refractivity contribution in [2.75, 3.05) is 23.8 Å². The molecule has 2 N–H and O–H groups in total. The number of pyridine rings is 1. The minimum Gasteiger partial charge on any atom is -0.506 e. The number of unbranched alkanes of at least 4 members (excludes halogenated alkanes) is 1. The number of anilines is 2. The molecule has 0 aliphatic carbocycles. The van der Waals surface area contributed by atoms with E-state index in [0.717, 1.165) is 24.8 Å². The van der Waals surface area contributed by atoms with Crippen LogP contribution in [-0.2, 0) is 4.79 Å². The van der Waals surface area contributed by atoms with Gasteiger partial charge in [0.25, 0.3) is 0 Å². The van der Waals surface area contributed by atoms with Crippen LogP contribution in [0.15, 0.2) is 60.8 Å². The van der Waals surface area contributed by atoms with Crippen molar-refractivity contribution >= 4 is 28.2 Å². The summed E-state index contributed by atoms with van der Waals surface area (Å²) in [7, 11) is 2.06. The number of hydrogen-bond donors (Lipinski definition) is 2. The summed E-state index contributed by atoms with van der Waals surface area (Å²) in [5, 5.41) is 13.5. The lowest BCUT2D eigenvalue weighted by atomic mass is 10.1. The summed E-state index contributed by atoms with van der Waals surface area (Å²) in [5.74, 6) is 0.0887. The van der Waals surface area contributed by atoms with E-state index in [-0.39, 0.29) is 11.7 Å². The van der Waals surface area contributed by atoms with E-state index in [0.29, 0.717) is 17.6 Å². The van der Waals surface area contributed by atoms with Gasteiger partial charge in [-0.2, -0.15) is 0 Å². The van der Waals surface area contributed by atoms with Crippen LogP contribution in [0.2, 0.25) is 0 Å². The van der Waals surface area contributed by atoms with E-state index in [4.69, 9.17) is 0 Å². The number of benzene rings is 2. The number of aromatic hydroxyl groups is 1. The predicted octanol–water partition coefficient (Wildman–Crippen LogP) is 4.19. The lowest BCUT2D eigenvalue weighted by Gasteiger charge is -2.18. The molecule has 3 rings (SSSR count). The number of phenols is 1. The fourth-order valence-corrected chi connectivity index (χ4v) is 2.93. The number of carbonyl (C=O) groups excluding carboxylic acids is 1. The van der Waals surface area contributed by atoms with Crippen LogP contribution in [0.5, 0.6) is 5.75 Å². The molecule has 0 saturated carbocycles. The van der Waals surface area contributed by atoms with Crippen LogP contribution in [-0.4, -0.2) is 29.6 Å². The van der Waals surface area contributed by atoms with Crippen LogP contribution >= 0.6 is 0 Å². The summed E-state index contributed by atoms with van der Waals surface area (Å²) >= 11 is 0. The highest BCUT2D eigenvalue weighted by Crippen LogP contribution is 2.29. The fourth-order valence-electron chi connectivity index (χ4n) is 2.93. The summed E-state index contributed by atoms with van der Waals surface area (Å²) in [5.41, 5.74) is 2.35.